The maximum Gasteiger partial charge on any atom is 0.288 e. The highest BCUT2D eigenvalue weighted by Crippen LogP contribution is 2.30. The lowest BCUT2D eigenvalue weighted by molar-refractivity contribution is 0.429. The van der Waals surface area contributed by atoms with E-state index >= 15 is 0 Å². The molecule has 0 aliphatic rings. The molecule has 0 unspecified atom stereocenters. The fourth-order valence-electron chi connectivity index (χ4n) is 1.09. The monoisotopic (exact) mass is 262 g/mol. The van der Waals surface area contributed by atoms with Crippen molar-refractivity contribution in [3.8, 4) is 27.0 Å². The van der Waals surface area contributed by atoms with Crippen LogP contribution in [0.4, 0.5) is 0 Å². The van der Waals surface area contributed by atoms with Gasteiger partial charge in [0.1, 0.15) is 6.07 Å². The summed E-state index contributed by atoms with van der Waals surface area (Å²) in [4.78, 5) is 7.97. The van der Waals surface area contributed by atoms with Gasteiger partial charge in [0.25, 0.3) is 5.89 Å². The molecule has 0 spiro atoms. The molecule has 0 aliphatic carbocycles. The Morgan fingerprint density at radius 2 is 2.12 bits per heavy atom. The number of nitrogens with zero attached hydrogens (tertiary/aromatic N) is 6. The highest BCUT2D eigenvalue weighted by molar-refractivity contribution is 7.22. The molecule has 3 aromatic heterocycles. The largest absolute Gasteiger partial charge is 0.332 e. The Morgan fingerprint density at radius 1 is 1.24 bits per heavy atom. The van der Waals surface area contributed by atoms with E-state index in [4.69, 9.17) is 9.78 Å². The van der Waals surface area contributed by atoms with Gasteiger partial charge in [-0.15, -0.1) is 21.5 Å². The van der Waals surface area contributed by atoms with Crippen LogP contribution in [0.2, 0.25) is 0 Å². The summed E-state index contributed by atoms with van der Waals surface area (Å²) in [6.07, 6.45) is 1.30. The zero-order valence-electron chi connectivity index (χ0n) is 8.06. The molecule has 3 heterocycles. The highest BCUT2D eigenvalue weighted by atomic mass is 32.1. The van der Waals surface area contributed by atoms with Crippen LogP contribution in [0.3, 0.4) is 0 Å². The van der Waals surface area contributed by atoms with Crippen LogP contribution in [-0.2, 0) is 0 Å². The molecule has 0 amide bonds. The van der Waals surface area contributed by atoms with Gasteiger partial charge in [-0.25, -0.2) is 4.98 Å². The van der Waals surface area contributed by atoms with Gasteiger partial charge >= 0.3 is 0 Å². The highest BCUT2D eigenvalue weighted by Gasteiger charge is 2.14. The number of thiazole rings is 1. The Hall–Kier alpha value is -2.18. The van der Waals surface area contributed by atoms with Crippen molar-refractivity contribution in [2.45, 2.75) is 0 Å². The lowest BCUT2D eigenvalue weighted by Crippen LogP contribution is -1.77. The van der Waals surface area contributed by atoms with E-state index in [2.05, 4.69) is 25.3 Å². The smallest absolute Gasteiger partial charge is 0.288 e. The molecule has 0 saturated heterocycles. The Labute approximate surface area is 102 Å². The first-order valence-corrected chi connectivity index (χ1v) is 6.03. The molecule has 0 bridgehead atoms. The molecule has 0 N–H and O–H groups in total. The second-order valence-electron chi connectivity index (χ2n) is 2.81. The Kier molecular flexibility index (Phi) is 2.36. The van der Waals surface area contributed by atoms with Crippen LogP contribution in [0.25, 0.3) is 20.9 Å². The summed E-state index contributed by atoms with van der Waals surface area (Å²) in [6, 6.07) is 1.97. The van der Waals surface area contributed by atoms with Crippen LogP contribution in [0.15, 0.2) is 16.2 Å². The fourth-order valence-corrected chi connectivity index (χ4v) is 2.63. The van der Waals surface area contributed by atoms with Gasteiger partial charge in [-0.3, -0.25) is 0 Å². The average molecular weight is 262 g/mol. The molecular formula is C8H2N6OS2. The van der Waals surface area contributed by atoms with E-state index in [1.54, 1.807) is 5.38 Å². The van der Waals surface area contributed by atoms with Crippen LogP contribution < -0.4 is 0 Å². The summed E-state index contributed by atoms with van der Waals surface area (Å²) in [5.74, 6) is 0.325. The molecule has 0 aliphatic heterocycles. The predicted molar refractivity (Wildman–Crippen MR) is 59.0 cm³/mol. The van der Waals surface area contributed by atoms with Crippen LogP contribution in [0.1, 0.15) is 5.69 Å². The molecule has 0 radical (unpaired) electrons. The minimum absolute atomic E-state index is 0.325. The summed E-state index contributed by atoms with van der Waals surface area (Å²) in [7, 11) is 0. The van der Waals surface area contributed by atoms with Gasteiger partial charge in [-0.2, -0.15) is 10.2 Å². The van der Waals surface area contributed by atoms with Crippen molar-refractivity contribution in [3.63, 3.8) is 0 Å². The zero-order valence-corrected chi connectivity index (χ0v) is 9.70. The lowest BCUT2D eigenvalue weighted by Gasteiger charge is -1.82. The molecule has 82 valence electrons. The fraction of sp³-hybridized carbons (Fsp3) is 0. The van der Waals surface area contributed by atoms with Gasteiger partial charge in [-0.1, -0.05) is 16.5 Å². The van der Waals surface area contributed by atoms with Crippen molar-refractivity contribution in [1.82, 2.24) is 25.3 Å². The third-order valence-electron chi connectivity index (χ3n) is 1.77. The molecule has 0 saturated carbocycles. The van der Waals surface area contributed by atoms with E-state index in [-0.39, 0.29) is 0 Å². The van der Waals surface area contributed by atoms with Gasteiger partial charge in [0, 0.05) is 5.38 Å². The van der Waals surface area contributed by atoms with Crippen molar-refractivity contribution >= 4 is 22.7 Å². The number of rotatable bonds is 2. The number of hydrogen-bond acceptors (Lipinski definition) is 9. The summed E-state index contributed by atoms with van der Waals surface area (Å²) >= 11 is 2.63. The first-order chi connectivity index (χ1) is 8.36. The number of nitriles is 1. The van der Waals surface area contributed by atoms with Crippen molar-refractivity contribution in [2.24, 2.45) is 0 Å². The Balaban J connectivity index is 1.98. The van der Waals surface area contributed by atoms with Crippen LogP contribution in [0, 0.1) is 11.3 Å². The van der Waals surface area contributed by atoms with Gasteiger partial charge in [0.05, 0.1) is 0 Å². The molecule has 17 heavy (non-hydrogen) atoms. The summed E-state index contributed by atoms with van der Waals surface area (Å²) in [5.41, 5.74) is 0.375. The standard InChI is InChI=1S/C8H2N6OS2/c9-1-4-2-16-7(12-4)8-14-13-6(17-8)5-10-3-11-15-5/h2-3H. The SMILES string of the molecule is N#Cc1csc(-c2nnc(-c3ncno3)s2)n1. The molecule has 9 heteroatoms. The molecule has 3 aromatic rings. The molecular weight excluding hydrogens is 260 g/mol. The number of aromatic nitrogens is 5. The van der Waals surface area contributed by atoms with Crippen molar-refractivity contribution < 1.29 is 4.52 Å². The normalized spacial score (nSPS) is 10.3. The summed E-state index contributed by atoms with van der Waals surface area (Å²) in [5, 5.41) is 23.6. The van der Waals surface area contributed by atoms with E-state index < -0.39 is 0 Å². The molecule has 0 aromatic carbocycles. The molecule has 0 atom stereocenters. The third-order valence-corrected chi connectivity index (χ3v) is 3.67. The quantitative estimate of drug-likeness (QED) is 0.690. The van der Waals surface area contributed by atoms with Gasteiger partial charge in [-0.05, 0) is 0 Å². The van der Waals surface area contributed by atoms with Crippen LogP contribution in [0.5, 0.6) is 0 Å². The van der Waals surface area contributed by atoms with Crippen molar-refractivity contribution in [2.75, 3.05) is 0 Å². The minimum atomic E-state index is 0.325. The van der Waals surface area contributed by atoms with Gasteiger partial charge in [0.2, 0.25) is 5.01 Å². The van der Waals surface area contributed by atoms with E-state index in [1.165, 1.54) is 29.0 Å². The van der Waals surface area contributed by atoms with E-state index in [0.29, 0.717) is 26.6 Å². The van der Waals surface area contributed by atoms with E-state index in [1.807, 2.05) is 6.07 Å². The maximum atomic E-state index is 8.68. The molecule has 7 nitrogen and oxygen atoms in total. The Bertz CT molecular complexity index is 679. The second kappa shape index (κ2) is 4.00. The Morgan fingerprint density at radius 3 is 2.82 bits per heavy atom. The maximum absolute atomic E-state index is 8.68. The third kappa shape index (κ3) is 1.79. The first kappa shape index (κ1) is 10.0. The minimum Gasteiger partial charge on any atom is -0.332 e. The topological polar surface area (TPSA) is 101 Å². The zero-order chi connectivity index (χ0) is 11.7. The summed E-state index contributed by atoms with van der Waals surface area (Å²) in [6.45, 7) is 0. The number of hydrogen-bond donors (Lipinski definition) is 0. The van der Waals surface area contributed by atoms with Crippen LogP contribution in [-0.4, -0.2) is 25.3 Å². The predicted octanol–water partition coefficient (Wildman–Crippen LogP) is 1.58. The summed E-state index contributed by atoms with van der Waals surface area (Å²) < 4.78 is 4.87. The van der Waals surface area contributed by atoms with Crippen LogP contribution >= 0.6 is 22.7 Å². The first-order valence-electron chi connectivity index (χ1n) is 4.33. The molecule has 3 rings (SSSR count). The van der Waals surface area contributed by atoms with Crippen molar-refractivity contribution in [3.05, 3.63) is 17.4 Å². The van der Waals surface area contributed by atoms with Gasteiger partial charge in [0.15, 0.2) is 22.0 Å². The van der Waals surface area contributed by atoms with E-state index in [9.17, 15) is 0 Å². The van der Waals surface area contributed by atoms with Crippen molar-refractivity contribution in [1.29, 1.82) is 5.26 Å². The van der Waals surface area contributed by atoms with Gasteiger partial charge < -0.3 is 4.52 Å². The lowest BCUT2D eigenvalue weighted by atomic mass is 10.5. The molecule has 0 fully saturated rings. The van der Waals surface area contributed by atoms with E-state index in [0.717, 1.165) is 0 Å². The second-order valence-corrected chi connectivity index (χ2v) is 4.64. The average Bonchev–Trinajstić information content (AvgIpc) is 3.09.